The van der Waals surface area contributed by atoms with E-state index in [9.17, 15) is 9.90 Å². The summed E-state index contributed by atoms with van der Waals surface area (Å²) in [4.78, 5) is 14.6. The maximum Gasteiger partial charge on any atom is 0.338 e. The lowest BCUT2D eigenvalue weighted by atomic mass is 9.95. The third-order valence-corrected chi connectivity index (χ3v) is 5.33. The van der Waals surface area contributed by atoms with Crippen molar-refractivity contribution in [2.45, 2.75) is 36.1 Å². The van der Waals surface area contributed by atoms with Crippen molar-refractivity contribution in [2.24, 2.45) is 0 Å². The molecular weight excluding hydrogens is 284 g/mol. The van der Waals surface area contributed by atoms with Gasteiger partial charge in [-0.3, -0.25) is 0 Å². The van der Waals surface area contributed by atoms with Crippen LogP contribution in [0.5, 0.6) is 0 Å². The minimum absolute atomic E-state index is 0.144. The van der Waals surface area contributed by atoms with Crippen LogP contribution in [0.1, 0.15) is 36.0 Å². The number of hydrogen-bond donors (Lipinski definition) is 2. The second kappa shape index (κ2) is 6.71. The predicted molar refractivity (Wildman–Crippen MR) is 88.6 cm³/mol. The number of nitrogens with zero attached hydrogens (tertiary/aromatic N) is 1. The largest absolute Gasteiger partial charge is 0.478 e. The molecule has 2 N–H and O–H groups in total. The highest BCUT2D eigenvalue weighted by atomic mass is 32.2. The van der Waals surface area contributed by atoms with Gasteiger partial charge >= 0.3 is 5.97 Å². The average Bonchev–Trinajstić information content (AvgIpc) is 2.94. The zero-order valence-corrected chi connectivity index (χ0v) is 13.8. The second-order valence-corrected chi connectivity index (χ2v) is 6.72. The van der Waals surface area contributed by atoms with E-state index in [0.717, 1.165) is 30.0 Å². The Hall–Kier alpha value is -1.20. The number of hydrogen-bond acceptors (Lipinski definition) is 4. The van der Waals surface area contributed by atoms with Crippen LogP contribution in [-0.2, 0) is 0 Å². The van der Waals surface area contributed by atoms with E-state index in [0.29, 0.717) is 5.56 Å². The molecule has 0 bridgehead atoms. The molecule has 2 rings (SSSR count). The zero-order chi connectivity index (χ0) is 15.5. The standard InChI is InChI=1S/C16H24N2O2S/c1-18(2)16(9-4-5-10-16)11-17-12-7-6-8-13(21-3)14(12)15(19)20/h6-8,17H,4-5,9-11H2,1-3H3,(H,19,20). The molecule has 0 heterocycles. The first-order chi connectivity index (χ1) is 10.00. The van der Waals surface area contributed by atoms with Gasteiger partial charge in [0, 0.05) is 22.7 Å². The van der Waals surface area contributed by atoms with Crippen molar-refractivity contribution in [3.8, 4) is 0 Å². The van der Waals surface area contributed by atoms with Gasteiger partial charge in [0.15, 0.2) is 0 Å². The molecule has 0 amide bonds. The first kappa shape index (κ1) is 16.2. The number of benzene rings is 1. The van der Waals surface area contributed by atoms with Crippen molar-refractivity contribution in [1.29, 1.82) is 0 Å². The molecule has 0 aliphatic heterocycles. The van der Waals surface area contributed by atoms with Crippen LogP contribution in [0.25, 0.3) is 0 Å². The van der Waals surface area contributed by atoms with Crippen LogP contribution in [-0.4, -0.2) is 48.4 Å². The number of carboxylic acid groups (broad SMARTS) is 1. The Morgan fingerprint density at radius 3 is 2.57 bits per heavy atom. The predicted octanol–water partition coefficient (Wildman–Crippen LogP) is 3.39. The molecule has 0 unspecified atom stereocenters. The van der Waals surface area contributed by atoms with E-state index in [1.54, 1.807) is 0 Å². The molecule has 4 nitrogen and oxygen atoms in total. The summed E-state index contributed by atoms with van der Waals surface area (Å²) in [5, 5.41) is 12.9. The second-order valence-electron chi connectivity index (χ2n) is 5.87. The highest BCUT2D eigenvalue weighted by molar-refractivity contribution is 7.98. The number of nitrogens with one attached hydrogen (secondary N) is 1. The Balaban J connectivity index is 2.22. The van der Waals surface area contributed by atoms with Crippen molar-refractivity contribution in [3.05, 3.63) is 23.8 Å². The Kier molecular flexibility index (Phi) is 5.17. The quantitative estimate of drug-likeness (QED) is 0.789. The Morgan fingerprint density at radius 1 is 1.38 bits per heavy atom. The monoisotopic (exact) mass is 308 g/mol. The molecule has 0 saturated heterocycles. The maximum absolute atomic E-state index is 11.5. The van der Waals surface area contributed by atoms with Gasteiger partial charge in [-0.15, -0.1) is 11.8 Å². The van der Waals surface area contributed by atoms with E-state index in [1.807, 2.05) is 24.5 Å². The average molecular weight is 308 g/mol. The molecule has 1 aliphatic carbocycles. The maximum atomic E-state index is 11.5. The number of aromatic carboxylic acids is 1. The van der Waals surface area contributed by atoms with Gasteiger partial charge in [-0.05, 0) is 45.3 Å². The molecule has 1 aromatic carbocycles. The van der Waals surface area contributed by atoms with Gasteiger partial charge in [0.25, 0.3) is 0 Å². The lowest BCUT2D eigenvalue weighted by molar-refractivity contribution is 0.0694. The van der Waals surface area contributed by atoms with E-state index in [4.69, 9.17) is 0 Å². The van der Waals surface area contributed by atoms with Crippen LogP contribution in [0, 0.1) is 0 Å². The molecule has 0 spiro atoms. The van der Waals surface area contributed by atoms with Gasteiger partial charge in [-0.25, -0.2) is 4.79 Å². The summed E-state index contributed by atoms with van der Waals surface area (Å²) in [5.41, 5.74) is 1.25. The van der Waals surface area contributed by atoms with Crippen molar-refractivity contribution in [2.75, 3.05) is 32.2 Å². The van der Waals surface area contributed by atoms with Gasteiger partial charge in [0.1, 0.15) is 0 Å². The summed E-state index contributed by atoms with van der Waals surface area (Å²) in [5.74, 6) is -0.868. The topological polar surface area (TPSA) is 52.6 Å². The van der Waals surface area contributed by atoms with Crippen LogP contribution in [0.4, 0.5) is 5.69 Å². The number of carboxylic acids is 1. The van der Waals surface area contributed by atoms with Gasteiger partial charge in [-0.2, -0.15) is 0 Å². The van der Waals surface area contributed by atoms with Crippen LogP contribution in [0.15, 0.2) is 23.1 Å². The van der Waals surface area contributed by atoms with Crippen molar-refractivity contribution >= 4 is 23.4 Å². The summed E-state index contributed by atoms with van der Waals surface area (Å²) >= 11 is 1.47. The van der Waals surface area contributed by atoms with E-state index in [1.165, 1.54) is 24.6 Å². The molecule has 5 heteroatoms. The fourth-order valence-corrected chi connectivity index (χ4v) is 3.76. The summed E-state index contributed by atoms with van der Waals surface area (Å²) in [7, 11) is 4.23. The van der Waals surface area contributed by atoms with Crippen molar-refractivity contribution < 1.29 is 9.90 Å². The number of thioether (sulfide) groups is 1. The van der Waals surface area contributed by atoms with Crippen LogP contribution >= 0.6 is 11.8 Å². The van der Waals surface area contributed by atoms with Crippen molar-refractivity contribution in [1.82, 2.24) is 4.90 Å². The molecule has 1 fully saturated rings. The van der Waals surface area contributed by atoms with Crippen LogP contribution in [0.2, 0.25) is 0 Å². The lowest BCUT2D eigenvalue weighted by Gasteiger charge is -2.37. The lowest BCUT2D eigenvalue weighted by Crippen LogP contribution is -2.47. The molecule has 1 saturated carbocycles. The molecule has 0 radical (unpaired) electrons. The van der Waals surface area contributed by atoms with Crippen LogP contribution < -0.4 is 5.32 Å². The van der Waals surface area contributed by atoms with E-state index in [-0.39, 0.29) is 5.54 Å². The summed E-state index contributed by atoms with van der Waals surface area (Å²) < 4.78 is 0. The molecule has 0 atom stereocenters. The third-order valence-electron chi connectivity index (χ3n) is 4.55. The molecular formula is C16H24N2O2S. The first-order valence-corrected chi connectivity index (χ1v) is 8.54. The molecule has 0 aromatic heterocycles. The SMILES string of the molecule is CSc1cccc(NCC2(N(C)C)CCCC2)c1C(=O)O. The number of likely N-dealkylation sites (N-methyl/N-ethyl adjacent to an activating group) is 1. The minimum Gasteiger partial charge on any atom is -0.478 e. The number of rotatable bonds is 6. The molecule has 1 aromatic rings. The van der Waals surface area contributed by atoms with E-state index >= 15 is 0 Å². The number of anilines is 1. The van der Waals surface area contributed by atoms with Crippen LogP contribution in [0.3, 0.4) is 0 Å². The fourth-order valence-electron chi connectivity index (χ4n) is 3.14. The number of carbonyl (C=O) groups is 1. The normalized spacial score (nSPS) is 17.1. The van der Waals surface area contributed by atoms with Gasteiger partial charge < -0.3 is 15.3 Å². The Labute approximate surface area is 130 Å². The van der Waals surface area contributed by atoms with E-state index in [2.05, 4.69) is 24.3 Å². The highest BCUT2D eigenvalue weighted by Crippen LogP contribution is 2.35. The van der Waals surface area contributed by atoms with Gasteiger partial charge in [-0.1, -0.05) is 18.9 Å². The smallest absolute Gasteiger partial charge is 0.338 e. The molecule has 21 heavy (non-hydrogen) atoms. The van der Waals surface area contributed by atoms with Gasteiger partial charge in [0.2, 0.25) is 0 Å². The Bertz CT molecular complexity index is 511. The van der Waals surface area contributed by atoms with E-state index < -0.39 is 5.97 Å². The Morgan fingerprint density at radius 2 is 2.05 bits per heavy atom. The minimum atomic E-state index is -0.868. The summed E-state index contributed by atoms with van der Waals surface area (Å²) in [6.07, 6.45) is 6.73. The zero-order valence-electron chi connectivity index (χ0n) is 13.0. The molecule has 1 aliphatic rings. The van der Waals surface area contributed by atoms with Crippen molar-refractivity contribution in [3.63, 3.8) is 0 Å². The summed E-state index contributed by atoms with van der Waals surface area (Å²) in [6.45, 7) is 0.790. The fraction of sp³-hybridized carbons (Fsp3) is 0.562. The third kappa shape index (κ3) is 3.35. The first-order valence-electron chi connectivity index (χ1n) is 7.32. The highest BCUT2D eigenvalue weighted by Gasteiger charge is 2.35. The molecule has 116 valence electrons. The van der Waals surface area contributed by atoms with Gasteiger partial charge in [0.05, 0.1) is 5.56 Å². The summed E-state index contributed by atoms with van der Waals surface area (Å²) in [6, 6.07) is 5.63.